The molecule has 0 aliphatic carbocycles. The third-order valence-corrected chi connectivity index (χ3v) is 3.61. The molecule has 2 heteroatoms. The van der Waals surface area contributed by atoms with Crippen molar-refractivity contribution in [1.82, 2.24) is 0 Å². The maximum absolute atomic E-state index is 2.77. The molecule has 2 unspecified atom stereocenters. The van der Waals surface area contributed by atoms with E-state index in [2.05, 4.69) is 40.1 Å². The van der Waals surface area contributed by atoms with Crippen molar-refractivity contribution in [3.63, 3.8) is 0 Å². The Morgan fingerprint density at radius 1 is 1.25 bits per heavy atom. The molecule has 0 bridgehead atoms. The van der Waals surface area contributed by atoms with Crippen molar-refractivity contribution < 1.29 is 0 Å². The molecule has 1 aromatic rings. The van der Waals surface area contributed by atoms with Gasteiger partial charge in [0.2, 0.25) is 0 Å². The van der Waals surface area contributed by atoms with Crippen LogP contribution in [0.3, 0.4) is 0 Å². The Hall–Kier alpha value is 0.0800. The summed E-state index contributed by atoms with van der Waals surface area (Å²) in [7, 11) is 3.62. The van der Waals surface area contributed by atoms with Crippen LogP contribution in [0.25, 0.3) is 0 Å². The first-order valence-corrected chi connectivity index (χ1v) is 7.23. The first-order valence-electron chi connectivity index (χ1n) is 4.42. The zero-order valence-corrected chi connectivity index (χ0v) is 9.66. The number of unbranched alkanes of at least 4 members (excludes halogenated alkanes) is 1. The summed E-state index contributed by atoms with van der Waals surface area (Å²) in [6.07, 6.45) is 3.83. The second kappa shape index (κ2) is 5.68. The molecule has 0 amide bonds. The van der Waals surface area contributed by atoms with Crippen molar-refractivity contribution in [3.8, 4) is 0 Å². The molecule has 1 rings (SSSR count). The van der Waals surface area contributed by atoms with Crippen LogP contribution in [0.15, 0.2) is 24.3 Å². The summed E-state index contributed by atoms with van der Waals surface area (Å²) in [6.45, 7) is 2.23. The number of rotatable bonds is 4. The minimum Gasteiger partial charge on any atom is -0.110 e. The van der Waals surface area contributed by atoms with Gasteiger partial charge in [-0.1, -0.05) is 45.9 Å². The van der Waals surface area contributed by atoms with Crippen molar-refractivity contribution in [2.75, 3.05) is 0 Å². The molecule has 0 aliphatic rings. The van der Waals surface area contributed by atoms with Gasteiger partial charge in [-0.3, -0.25) is 0 Å². The Kier molecular flexibility index (Phi) is 4.81. The topological polar surface area (TPSA) is 0 Å². The molecular weight excluding hydrogens is 182 g/mol. The molecule has 0 fully saturated rings. The van der Waals surface area contributed by atoms with Crippen LogP contribution in [-0.4, -0.2) is 0 Å². The summed E-state index contributed by atoms with van der Waals surface area (Å²) in [5, 5.41) is 1.43. The van der Waals surface area contributed by atoms with Crippen molar-refractivity contribution in [1.29, 1.82) is 0 Å². The SMILES string of the molecule is CCCCc1ccc(PP)cc1. The molecule has 1 aromatic carbocycles. The molecule has 0 N–H and O–H groups in total. The van der Waals surface area contributed by atoms with Crippen molar-refractivity contribution in [3.05, 3.63) is 29.8 Å². The molecule has 0 radical (unpaired) electrons. The van der Waals surface area contributed by atoms with Crippen LogP contribution in [0.2, 0.25) is 0 Å². The maximum Gasteiger partial charge on any atom is -0.0233 e. The van der Waals surface area contributed by atoms with Crippen LogP contribution in [0, 0.1) is 0 Å². The Morgan fingerprint density at radius 2 is 1.92 bits per heavy atom. The summed E-state index contributed by atoms with van der Waals surface area (Å²) >= 11 is 0. The summed E-state index contributed by atoms with van der Waals surface area (Å²) in [4.78, 5) is 0. The second-order valence-corrected chi connectivity index (χ2v) is 4.68. The van der Waals surface area contributed by atoms with Crippen LogP contribution < -0.4 is 5.30 Å². The lowest BCUT2D eigenvalue weighted by atomic mass is 10.1. The highest BCUT2D eigenvalue weighted by Gasteiger charge is 1.92. The zero-order valence-electron chi connectivity index (χ0n) is 7.51. The molecule has 0 nitrogen and oxygen atoms in total. The predicted molar refractivity (Wildman–Crippen MR) is 62.7 cm³/mol. The van der Waals surface area contributed by atoms with Gasteiger partial charge < -0.3 is 0 Å². The minimum atomic E-state index is 0.845. The Bertz CT molecular complexity index is 216. The summed E-state index contributed by atoms with van der Waals surface area (Å²) in [5.41, 5.74) is 1.48. The van der Waals surface area contributed by atoms with E-state index in [9.17, 15) is 0 Å². The lowest BCUT2D eigenvalue weighted by molar-refractivity contribution is 0.795. The lowest BCUT2D eigenvalue weighted by Gasteiger charge is -2.00. The van der Waals surface area contributed by atoms with Gasteiger partial charge in [0.15, 0.2) is 0 Å². The lowest BCUT2D eigenvalue weighted by Crippen LogP contribution is -1.92. The smallest absolute Gasteiger partial charge is 0.0233 e. The van der Waals surface area contributed by atoms with Gasteiger partial charge in [-0.25, -0.2) is 0 Å². The van der Waals surface area contributed by atoms with Gasteiger partial charge in [-0.05, 0) is 23.7 Å². The molecule has 0 saturated carbocycles. The summed E-state index contributed by atoms with van der Waals surface area (Å²) in [6, 6.07) is 8.97. The van der Waals surface area contributed by atoms with E-state index in [0.717, 1.165) is 8.27 Å². The van der Waals surface area contributed by atoms with E-state index in [4.69, 9.17) is 0 Å². The van der Waals surface area contributed by atoms with Gasteiger partial charge in [0.25, 0.3) is 0 Å². The Labute approximate surface area is 79.0 Å². The minimum absolute atomic E-state index is 0.845. The normalized spacial score (nSPS) is 11.2. The summed E-state index contributed by atoms with van der Waals surface area (Å²) in [5.74, 6) is 0. The second-order valence-electron chi connectivity index (χ2n) is 2.94. The number of hydrogen-bond acceptors (Lipinski definition) is 0. The van der Waals surface area contributed by atoms with E-state index >= 15 is 0 Å². The third kappa shape index (κ3) is 3.21. The van der Waals surface area contributed by atoms with Gasteiger partial charge in [0, 0.05) is 0 Å². The average molecular weight is 198 g/mol. The van der Waals surface area contributed by atoms with Crippen molar-refractivity contribution in [2.45, 2.75) is 26.2 Å². The van der Waals surface area contributed by atoms with Gasteiger partial charge in [-0.2, -0.15) is 0 Å². The molecule has 0 aliphatic heterocycles. The molecule has 0 heterocycles. The Balaban J connectivity index is 2.53. The summed E-state index contributed by atoms with van der Waals surface area (Å²) < 4.78 is 0. The molecule has 0 aromatic heterocycles. The average Bonchev–Trinajstić information content (AvgIpc) is 2.15. The fourth-order valence-corrected chi connectivity index (χ4v) is 2.09. The predicted octanol–water partition coefficient (Wildman–Crippen LogP) is 3.12. The highest BCUT2D eigenvalue weighted by atomic mass is 32.0. The number of benzene rings is 1. The first-order chi connectivity index (χ1) is 5.86. The fourth-order valence-electron chi connectivity index (χ4n) is 1.15. The largest absolute Gasteiger partial charge is 0.110 e. The molecule has 12 heavy (non-hydrogen) atoms. The van der Waals surface area contributed by atoms with E-state index in [0.29, 0.717) is 0 Å². The van der Waals surface area contributed by atoms with E-state index < -0.39 is 0 Å². The van der Waals surface area contributed by atoms with Gasteiger partial charge in [0.1, 0.15) is 0 Å². The number of aryl methyl sites for hydroxylation is 1. The van der Waals surface area contributed by atoms with Crippen LogP contribution >= 0.6 is 17.2 Å². The van der Waals surface area contributed by atoms with Crippen LogP contribution in [0.1, 0.15) is 25.3 Å². The molecule has 0 saturated heterocycles. The maximum atomic E-state index is 2.77. The van der Waals surface area contributed by atoms with Crippen LogP contribution in [0.5, 0.6) is 0 Å². The van der Waals surface area contributed by atoms with Crippen molar-refractivity contribution >= 4 is 22.5 Å². The molecule has 0 spiro atoms. The monoisotopic (exact) mass is 198 g/mol. The number of hydrogen-bond donors (Lipinski definition) is 0. The third-order valence-electron chi connectivity index (χ3n) is 1.94. The Morgan fingerprint density at radius 3 is 2.42 bits per heavy atom. The van der Waals surface area contributed by atoms with Gasteiger partial charge >= 0.3 is 0 Å². The quantitative estimate of drug-likeness (QED) is 0.652. The van der Waals surface area contributed by atoms with Crippen LogP contribution in [-0.2, 0) is 6.42 Å². The highest BCUT2D eigenvalue weighted by molar-refractivity contribution is 8.06. The van der Waals surface area contributed by atoms with E-state index in [1.807, 2.05) is 0 Å². The molecular formula is C10H16P2. The zero-order chi connectivity index (χ0) is 8.81. The molecule has 2 atom stereocenters. The van der Waals surface area contributed by atoms with Gasteiger partial charge in [0.05, 0.1) is 0 Å². The van der Waals surface area contributed by atoms with E-state index in [1.54, 1.807) is 0 Å². The fraction of sp³-hybridized carbons (Fsp3) is 0.400. The first kappa shape index (κ1) is 10.2. The van der Waals surface area contributed by atoms with E-state index in [-0.39, 0.29) is 0 Å². The van der Waals surface area contributed by atoms with E-state index in [1.165, 1.54) is 30.1 Å². The van der Waals surface area contributed by atoms with Crippen LogP contribution in [0.4, 0.5) is 0 Å². The van der Waals surface area contributed by atoms with Gasteiger partial charge in [-0.15, -0.1) is 8.93 Å². The molecule has 66 valence electrons. The highest BCUT2D eigenvalue weighted by Crippen LogP contribution is 2.19. The van der Waals surface area contributed by atoms with Crippen molar-refractivity contribution in [2.24, 2.45) is 0 Å². The standard InChI is InChI=1S/C10H16P2/c1-2-3-4-9-5-7-10(12-11)8-6-9/h5-8,12H,2-4,11H2,1H3.